The molecular weight excluding hydrogens is 337 g/mol. The van der Waals surface area contributed by atoms with E-state index in [4.69, 9.17) is 0 Å². The van der Waals surface area contributed by atoms with Gasteiger partial charge in [-0.15, -0.1) is 5.10 Å². The molecule has 6 heteroatoms. The topological polar surface area (TPSA) is 58.6 Å². The molecule has 0 unspecified atom stereocenters. The van der Waals surface area contributed by atoms with Gasteiger partial charge in [0.1, 0.15) is 5.82 Å². The fourth-order valence-corrected chi connectivity index (χ4v) is 3.14. The second-order valence-electron chi connectivity index (χ2n) is 5.61. The first-order valence-electron chi connectivity index (χ1n) is 8.09. The number of hydrogen-bond donors (Lipinski definition) is 1. The molecular formula is C19H18FN3OS. The molecule has 0 atom stereocenters. The molecule has 0 fully saturated rings. The fraction of sp³-hybridized carbons (Fsp3) is 0.211. The summed E-state index contributed by atoms with van der Waals surface area (Å²) in [5, 5.41) is 7.19. The smallest absolute Gasteiger partial charge is 0.209 e. The number of thioether (sulfide) groups is 1. The molecule has 1 heterocycles. The number of H-pyrrole nitrogens is 1. The number of nitrogens with one attached hydrogen (secondary N) is 1. The minimum absolute atomic E-state index is 0.0188. The standard InChI is InChI=1S/C19H18FN3OS/c1-2-5-13-8-10-14(11-9-13)17(24)12-25-19-21-18(22-23-19)15-6-3-4-7-16(15)20/h3-4,6-11H,2,5,12H2,1H3,(H,21,22,23). The van der Waals surface area contributed by atoms with Gasteiger partial charge in [-0.05, 0) is 24.1 Å². The summed E-state index contributed by atoms with van der Waals surface area (Å²) in [4.78, 5) is 16.5. The zero-order chi connectivity index (χ0) is 17.6. The number of aromatic amines is 1. The SMILES string of the molecule is CCCc1ccc(C(=O)CSc2n[nH]c(-c3ccccc3F)n2)cc1. The Labute approximate surface area is 149 Å². The Balaban J connectivity index is 1.62. The highest BCUT2D eigenvalue weighted by Gasteiger charge is 2.12. The van der Waals surface area contributed by atoms with E-state index in [2.05, 4.69) is 22.1 Å². The molecule has 128 valence electrons. The number of ketones is 1. The van der Waals surface area contributed by atoms with Crippen LogP contribution in [-0.2, 0) is 6.42 Å². The van der Waals surface area contributed by atoms with Gasteiger partial charge in [0.2, 0.25) is 5.16 Å². The van der Waals surface area contributed by atoms with E-state index in [1.165, 1.54) is 23.4 Å². The van der Waals surface area contributed by atoms with E-state index in [0.29, 0.717) is 22.1 Å². The Morgan fingerprint density at radius 2 is 1.92 bits per heavy atom. The van der Waals surface area contributed by atoms with Gasteiger partial charge < -0.3 is 0 Å². The highest BCUT2D eigenvalue weighted by Crippen LogP contribution is 2.22. The predicted molar refractivity (Wildman–Crippen MR) is 97.3 cm³/mol. The predicted octanol–water partition coefficient (Wildman–Crippen LogP) is 4.54. The normalized spacial score (nSPS) is 10.8. The van der Waals surface area contributed by atoms with Crippen molar-refractivity contribution in [1.29, 1.82) is 0 Å². The number of aromatic nitrogens is 3. The summed E-state index contributed by atoms with van der Waals surface area (Å²) in [6.07, 6.45) is 2.09. The zero-order valence-corrected chi connectivity index (χ0v) is 14.6. The molecule has 1 aromatic heterocycles. The number of Topliss-reactive ketones (excluding diaryl/α,β-unsaturated/α-hetero) is 1. The third kappa shape index (κ3) is 4.33. The maximum Gasteiger partial charge on any atom is 0.209 e. The Morgan fingerprint density at radius 1 is 1.16 bits per heavy atom. The van der Waals surface area contributed by atoms with Crippen LogP contribution in [0.5, 0.6) is 0 Å². The van der Waals surface area contributed by atoms with E-state index in [-0.39, 0.29) is 17.4 Å². The lowest BCUT2D eigenvalue weighted by molar-refractivity contribution is 0.102. The van der Waals surface area contributed by atoms with E-state index in [1.807, 2.05) is 24.3 Å². The average Bonchev–Trinajstić information content (AvgIpc) is 3.10. The van der Waals surface area contributed by atoms with Crippen molar-refractivity contribution < 1.29 is 9.18 Å². The van der Waals surface area contributed by atoms with Crippen LogP contribution in [0.1, 0.15) is 29.3 Å². The van der Waals surface area contributed by atoms with E-state index in [0.717, 1.165) is 12.8 Å². The first kappa shape index (κ1) is 17.4. The lowest BCUT2D eigenvalue weighted by Gasteiger charge is -2.02. The Morgan fingerprint density at radius 3 is 2.64 bits per heavy atom. The maximum atomic E-state index is 13.8. The number of aryl methyl sites for hydroxylation is 1. The van der Waals surface area contributed by atoms with Crippen molar-refractivity contribution >= 4 is 17.5 Å². The lowest BCUT2D eigenvalue weighted by Crippen LogP contribution is -2.02. The second-order valence-corrected chi connectivity index (χ2v) is 6.55. The summed E-state index contributed by atoms with van der Waals surface area (Å²) in [6.45, 7) is 2.13. The molecule has 0 bridgehead atoms. The molecule has 0 saturated heterocycles. The van der Waals surface area contributed by atoms with Crippen LogP contribution >= 0.6 is 11.8 Å². The largest absolute Gasteiger partial charge is 0.293 e. The highest BCUT2D eigenvalue weighted by atomic mass is 32.2. The van der Waals surface area contributed by atoms with Crippen LogP contribution in [0.3, 0.4) is 0 Å². The van der Waals surface area contributed by atoms with Crippen LogP contribution in [0, 0.1) is 5.82 Å². The summed E-state index contributed by atoms with van der Waals surface area (Å²) in [6, 6.07) is 14.1. The average molecular weight is 355 g/mol. The van der Waals surface area contributed by atoms with Crippen LogP contribution < -0.4 is 0 Å². The quantitative estimate of drug-likeness (QED) is 0.499. The number of carbonyl (C=O) groups excluding carboxylic acids is 1. The molecule has 3 rings (SSSR count). The van der Waals surface area contributed by atoms with Crippen molar-refractivity contribution in [3.8, 4) is 11.4 Å². The monoisotopic (exact) mass is 355 g/mol. The van der Waals surface area contributed by atoms with Crippen molar-refractivity contribution in [1.82, 2.24) is 15.2 Å². The van der Waals surface area contributed by atoms with Gasteiger partial charge in [0.05, 0.1) is 11.3 Å². The Hall–Kier alpha value is -2.47. The number of benzene rings is 2. The van der Waals surface area contributed by atoms with Crippen molar-refractivity contribution in [2.45, 2.75) is 24.9 Å². The van der Waals surface area contributed by atoms with Crippen molar-refractivity contribution in [3.05, 3.63) is 65.5 Å². The van der Waals surface area contributed by atoms with Gasteiger partial charge in [0.25, 0.3) is 0 Å². The molecule has 2 aromatic carbocycles. The van der Waals surface area contributed by atoms with E-state index in [1.54, 1.807) is 18.2 Å². The first-order chi connectivity index (χ1) is 12.2. The molecule has 0 radical (unpaired) electrons. The molecule has 3 aromatic rings. The van der Waals surface area contributed by atoms with Crippen molar-refractivity contribution in [2.75, 3.05) is 5.75 Å². The van der Waals surface area contributed by atoms with E-state index in [9.17, 15) is 9.18 Å². The van der Waals surface area contributed by atoms with E-state index >= 15 is 0 Å². The fourth-order valence-electron chi connectivity index (χ4n) is 2.44. The summed E-state index contributed by atoms with van der Waals surface area (Å²) in [5.41, 5.74) is 2.27. The third-order valence-corrected chi connectivity index (χ3v) is 4.59. The van der Waals surface area contributed by atoms with Crippen LogP contribution in [0.15, 0.2) is 53.7 Å². The molecule has 25 heavy (non-hydrogen) atoms. The van der Waals surface area contributed by atoms with Gasteiger partial charge in [-0.25, -0.2) is 9.37 Å². The van der Waals surface area contributed by atoms with Gasteiger partial charge >= 0.3 is 0 Å². The van der Waals surface area contributed by atoms with Gasteiger partial charge in [-0.1, -0.05) is 61.5 Å². The lowest BCUT2D eigenvalue weighted by atomic mass is 10.1. The Bertz CT molecular complexity index is 861. The van der Waals surface area contributed by atoms with Gasteiger partial charge in [-0.3, -0.25) is 9.89 Å². The molecule has 0 spiro atoms. The van der Waals surface area contributed by atoms with E-state index < -0.39 is 0 Å². The van der Waals surface area contributed by atoms with Gasteiger partial charge in [0, 0.05) is 5.56 Å². The molecule has 0 aliphatic heterocycles. The summed E-state index contributed by atoms with van der Waals surface area (Å²) < 4.78 is 13.8. The first-order valence-corrected chi connectivity index (χ1v) is 9.08. The molecule has 1 N–H and O–H groups in total. The number of rotatable bonds is 7. The number of hydrogen-bond acceptors (Lipinski definition) is 4. The number of halogens is 1. The zero-order valence-electron chi connectivity index (χ0n) is 13.8. The number of nitrogens with zero attached hydrogens (tertiary/aromatic N) is 2. The maximum absolute atomic E-state index is 13.8. The Kier molecular flexibility index (Phi) is 5.60. The van der Waals surface area contributed by atoms with Crippen LogP contribution in [0.4, 0.5) is 4.39 Å². The number of carbonyl (C=O) groups is 1. The summed E-state index contributed by atoms with van der Waals surface area (Å²) in [5.74, 6) is 0.252. The molecule has 0 amide bonds. The van der Waals surface area contributed by atoms with Crippen LogP contribution in [0.2, 0.25) is 0 Å². The summed E-state index contributed by atoms with van der Waals surface area (Å²) in [7, 11) is 0. The van der Waals surface area contributed by atoms with Crippen molar-refractivity contribution in [3.63, 3.8) is 0 Å². The minimum Gasteiger partial charge on any atom is -0.293 e. The molecule has 0 aliphatic rings. The van der Waals surface area contributed by atoms with Gasteiger partial charge in [0.15, 0.2) is 11.6 Å². The van der Waals surface area contributed by atoms with Gasteiger partial charge in [-0.2, -0.15) is 0 Å². The minimum atomic E-state index is -0.363. The summed E-state index contributed by atoms with van der Waals surface area (Å²) >= 11 is 1.23. The van der Waals surface area contributed by atoms with Crippen LogP contribution in [0.25, 0.3) is 11.4 Å². The molecule has 0 saturated carbocycles. The highest BCUT2D eigenvalue weighted by molar-refractivity contribution is 7.99. The third-order valence-electron chi connectivity index (χ3n) is 3.74. The second kappa shape index (κ2) is 8.07. The van der Waals surface area contributed by atoms with Crippen molar-refractivity contribution in [2.24, 2.45) is 0 Å². The molecule has 4 nitrogen and oxygen atoms in total. The van der Waals surface area contributed by atoms with Crippen LogP contribution in [-0.4, -0.2) is 26.7 Å². The molecule has 0 aliphatic carbocycles.